The molecule has 0 saturated carbocycles. The molecule has 1 aromatic carbocycles. The highest BCUT2D eigenvalue weighted by atomic mass is 16.6. The Balaban J connectivity index is 2.37. The van der Waals surface area contributed by atoms with Crippen LogP contribution in [0.1, 0.15) is 18.4 Å². The smallest absolute Gasteiger partial charge is 0.310 e. The van der Waals surface area contributed by atoms with Gasteiger partial charge in [-0.05, 0) is 30.5 Å². The highest BCUT2D eigenvalue weighted by Gasteiger charge is 2.16. The van der Waals surface area contributed by atoms with E-state index in [9.17, 15) is 15.2 Å². The molecule has 0 bridgehead atoms. The number of aromatic hydroxyl groups is 1. The van der Waals surface area contributed by atoms with Crippen LogP contribution in [0.4, 0.5) is 5.69 Å². The summed E-state index contributed by atoms with van der Waals surface area (Å²) in [5, 5.41) is 19.9. The fourth-order valence-electron chi connectivity index (χ4n) is 1.63. The molecule has 0 saturated heterocycles. The molecule has 0 spiro atoms. The summed E-state index contributed by atoms with van der Waals surface area (Å²) in [6.07, 6.45) is 1.88. The molecule has 2 rings (SSSR count). The monoisotopic (exact) mass is 206 g/mol. The molecule has 0 aliphatic carbocycles. The molecular weight excluding hydrogens is 196 g/mol. The van der Waals surface area contributed by atoms with Crippen LogP contribution in [0.5, 0.6) is 5.75 Å². The molecule has 0 aromatic heterocycles. The molecule has 0 radical (unpaired) electrons. The van der Waals surface area contributed by atoms with Gasteiger partial charge in [-0.25, -0.2) is 0 Å². The third kappa shape index (κ3) is 1.81. The second-order valence-corrected chi connectivity index (χ2v) is 3.39. The van der Waals surface area contributed by atoms with Crippen molar-refractivity contribution in [2.45, 2.75) is 12.8 Å². The van der Waals surface area contributed by atoms with E-state index in [4.69, 9.17) is 0 Å². The highest BCUT2D eigenvalue weighted by Crippen LogP contribution is 2.27. The van der Waals surface area contributed by atoms with E-state index in [1.165, 1.54) is 12.1 Å². The van der Waals surface area contributed by atoms with Gasteiger partial charge in [0.25, 0.3) is 0 Å². The number of hydrogen-bond acceptors (Lipinski definition) is 4. The summed E-state index contributed by atoms with van der Waals surface area (Å²) in [4.78, 5) is 14.1. The lowest BCUT2D eigenvalue weighted by atomic mass is 10.1. The Kier molecular flexibility index (Phi) is 2.37. The Morgan fingerprint density at radius 2 is 2.27 bits per heavy atom. The summed E-state index contributed by atoms with van der Waals surface area (Å²) >= 11 is 0. The van der Waals surface area contributed by atoms with Crippen LogP contribution >= 0.6 is 0 Å². The Labute approximate surface area is 86.2 Å². The molecule has 1 N–H and O–H groups in total. The summed E-state index contributed by atoms with van der Waals surface area (Å²) in [5.74, 6) is -0.299. The summed E-state index contributed by atoms with van der Waals surface area (Å²) < 4.78 is 0. The lowest BCUT2D eigenvalue weighted by Gasteiger charge is -2.01. The lowest BCUT2D eigenvalue weighted by molar-refractivity contribution is -0.385. The van der Waals surface area contributed by atoms with Crippen molar-refractivity contribution in [1.82, 2.24) is 0 Å². The van der Waals surface area contributed by atoms with Crippen molar-refractivity contribution >= 4 is 11.4 Å². The molecule has 1 aliphatic rings. The van der Waals surface area contributed by atoms with Crippen molar-refractivity contribution in [2.75, 3.05) is 6.54 Å². The topological polar surface area (TPSA) is 75.7 Å². The molecule has 1 aromatic rings. The van der Waals surface area contributed by atoms with Crippen LogP contribution in [0.2, 0.25) is 0 Å². The second-order valence-electron chi connectivity index (χ2n) is 3.39. The first-order valence-electron chi connectivity index (χ1n) is 4.69. The average Bonchev–Trinajstić information content (AvgIpc) is 2.69. The zero-order valence-corrected chi connectivity index (χ0v) is 8.01. The van der Waals surface area contributed by atoms with Gasteiger partial charge in [0.15, 0.2) is 5.75 Å². The van der Waals surface area contributed by atoms with Crippen LogP contribution < -0.4 is 0 Å². The summed E-state index contributed by atoms with van der Waals surface area (Å²) in [5.41, 5.74) is 1.42. The van der Waals surface area contributed by atoms with Crippen LogP contribution in [-0.4, -0.2) is 22.3 Å². The predicted octanol–water partition coefficient (Wildman–Crippen LogP) is 1.88. The minimum Gasteiger partial charge on any atom is -0.502 e. The van der Waals surface area contributed by atoms with E-state index in [1.807, 2.05) is 0 Å². The SMILES string of the molecule is O=[N+]([O-])c1ccc(C2=NCCC2)cc1O. The number of rotatable bonds is 2. The lowest BCUT2D eigenvalue weighted by Crippen LogP contribution is -1.97. The predicted molar refractivity (Wildman–Crippen MR) is 55.4 cm³/mol. The van der Waals surface area contributed by atoms with Crippen molar-refractivity contribution in [1.29, 1.82) is 0 Å². The van der Waals surface area contributed by atoms with Gasteiger partial charge >= 0.3 is 5.69 Å². The first-order valence-corrected chi connectivity index (χ1v) is 4.69. The summed E-state index contributed by atoms with van der Waals surface area (Å²) in [6, 6.07) is 4.34. The van der Waals surface area contributed by atoms with E-state index >= 15 is 0 Å². The number of nitro benzene ring substituents is 1. The minimum atomic E-state index is -0.602. The van der Waals surface area contributed by atoms with Gasteiger partial charge in [0.05, 0.1) is 4.92 Å². The maximum absolute atomic E-state index is 10.5. The van der Waals surface area contributed by atoms with E-state index < -0.39 is 4.92 Å². The zero-order chi connectivity index (χ0) is 10.8. The molecule has 15 heavy (non-hydrogen) atoms. The Bertz CT molecular complexity index is 440. The highest BCUT2D eigenvalue weighted by molar-refractivity contribution is 6.02. The van der Waals surface area contributed by atoms with Crippen molar-refractivity contribution in [3.63, 3.8) is 0 Å². The maximum Gasteiger partial charge on any atom is 0.310 e. The molecule has 5 nitrogen and oxygen atoms in total. The summed E-state index contributed by atoms with van der Waals surface area (Å²) in [7, 11) is 0. The molecule has 0 atom stereocenters. The standard InChI is InChI=1S/C10H10N2O3/c13-10-6-7(8-2-1-5-11-8)3-4-9(10)12(14)15/h3-4,6,13H,1-2,5H2. The number of nitro groups is 1. The zero-order valence-electron chi connectivity index (χ0n) is 8.01. The van der Waals surface area contributed by atoms with Gasteiger partial charge in [0.1, 0.15) is 0 Å². The fraction of sp³-hybridized carbons (Fsp3) is 0.300. The number of phenols is 1. The molecular formula is C10H10N2O3. The van der Waals surface area contributed by atoms with Gasteiger partial charge < -0.3 is 5.11 Å². The summed E-state index contributed by atoms with van der Waals surface area (Å²) in [6.45, 7) is 0.799. The number of aliphatic imine (C=N–C) groups is 1. The van der Waals surface area contributed by atoms with Gasteiger partial charge in [-0.1, -0.05) is 0 Å². The van der Waals surface area contributed by atoms with Crippen molar-refractivity contribution in [2.24, 2.45) is 4.99 Å². The van der Waals surface area contributed by atoms with E-state index in [2.05, 4.69) is 4.99 Å². The normalized spacial score (nSPS) is 15.1. The third-order valence-electron chi connectivity index (χ3n) is 2.38. The minimum absolute atomic E-state index is 0.266. The fourth-order valence-corrected chi connectivity index (χ4v) is 1.63. The van der Waals surface area contributed by atoms with Gasteiger partial charge in [0.2, 0.25) is 0 Å². The maximum atomic E-state index is 10.5. The Morgan fingerprint density at radius 3 is 2.80 bits per heavy atom. The molecule has 5 heteroatoms. The van der Waals surface area contributed by atoms with Gasteiger partial charge in [-0.2, -0.15) is 0 Å². The number of hydrogen-bond donors (Lipinski definition) is 1. The van der Waals surface area contributed by atoms with Gasteiger partial charge in [0, 0.05) is 18.3 Å². The first kappa shape index (κ1) is 9.64. The first-order chi connectivity index (χ1) is 7.18. The van der Waals surface area contributed by atoms with E-state index in [0.29, 0.717) is 0 Å². The van der Waals surface area contributed by atoms with Crippen molar-refractivity contribution in [3.05, 3.63) is 33.9 Å². The van der Waals surface area contributed by atoms with E-state index in [1.54, 1.807) is 6.07 Å². The molecule has 0 fully saturated rings. The molecule has 0 unspecified atom stereocenters. The molecule has 1 heterocycles. The van der Waals surface area contributed by atoms with E-state index in [-0.39, 0.29) is 11.4 Å². The second kappa shape index (κ2) is 3.68. The number of phenolic OH excluding ortho intramolecular Hbond substituents is 1. The van der Waals surface area contributed by atoms with Crippen LogP contribution in [0.25, 0.3) is 0 Å². The average molecular weight is 206 g/mol. The number of benzene rings is 1. The van der Waals surface area contributed by atoms with Crippen molar-refractivity contribution < 1.29 is 10.0 Å². The molecule has 78 valence electrons. The molecule has 0 amide bonds. The van der Waals surface area contributed by atoms with E-state index in [0.717, 1.165) is 30.7 Å². The van der Waals surface area contributed by atoms with Gasteiger partial charge in [-0.15, -0.1) is 0 Å². The van der Waals surface area contributed by atoms with Crippen LogP contribution in [0, 0.1) is 10.1 Å². The van der Waals surface area contributed by atoms with Crippen LogP contribution in [-0.2, 0) is 0 Å². The Hall–Kier alpha value is -1.91. The van der Waals surface area contributed by atoms with Crippen LogP contribution in [0.15, 0.2) is 23.2 Å². The Morgan fingerprint density at radius 1 is 1.47 bits per heavy atom. The molecule has 1 aliphatic heterocycles. The largest absolute Gasteiger partial charge is 0.502 e. The third-order valence-corrected chi connectivity index (χ3v) is 2.38. The number of nitrogens with zero attached hydrogens (tertiary/aromatic N) is 2. The quantitative estimate of drug-likeness (QED) is 0.592. The van der Waals surface area contributed by atoms with Crippen LogP contribution in [0.3, 0.4) is 0 Å². The van der Waals surface area contributed by atoms with Crippen molar-refractivity contribution in [3.8, 4) is 5.75 Å². The van der Waals surface area contributed by atoms with Gasteiger partial charge in [-0.3, -0.25) is 15.1 Å².